The van der Waals surface area contributed by atoms with Gasteiger partial charge in [0.15, 0.2) is 5.13 Å². The minimum Gasteiger partial charge on any atom is -0.298 e. The van der Waals surface area contributed by atoms with Crippen molar-refractivity contribution in [3.8, 4) is 0 Å². The van der Waals surface area contributed by atoms with Gasteiger partial charge in [0, 0.05) is 17.5 Å². The molecule has 0 aliphatic rings. The van der Waals surface area contributed by atoms with E-state index in [0.717, 1.165) is 5.69 Å². The van der Waals surface area contributed by atoms with Gasteiger partial charge >= 0.3 is 0 Å². The summed E-state index contributed by atoms with van der Waals surface area (Å²) in [5.74, 6) is -0.128. The van der Waals surface area contributed by atoms with E-state index in [4.69, 9.17) is 0 Å². The normalized spacial score (nSPS) is 11.5. The number of carbonyl (C=O) groups excluding carboxylic acids is 1. The van der Waals surface area contributed by atoms with Crippen molar-refractivity contribution in [2.24, 2.45) is 0 Å². The van der Waals surface area contributed by atoms with Gasteiger partial charge in [0.1, 0.15) is 0 Å². The Hall–Kier alpha value is -2.03. The Bertz CT molecular complexity index is 842. The Morgan fingerprint density at radius 1 is 1.42 bits per heavy atom. The molecule has 0 saturated carbocycles. The summed E-state index contributed by atoms with van der Waals surface area (Å²) < 4.78 is 26.6. The fourth-order valence-corrected chi connectivity index (χ4v) is 3.75. The Balaban J connectivity index is 2.18. The summed E-state index contributed by atoms with van der Waals surface area (Å²) in [6, 6.07) is 5.85. The van der Waals surface area contributed by atoms with Gasteiger partial charge in [-0.2, -0.15) is 0 Å². The molecule has 0 fully saturated rings. The molecule has 6 nitrogen and oxygen atoms in total. The van der Waals surface area contributed by atoms with Crippen LogP contribution in [0, 0.1) is 0 Å². The van der Waals surface area contributed by atoms with Crippen molar-refractivity contribution in [3.63, 3.8) is 0 Å². The maximum Gasteiger partial charge on any atom is 0.257 e. The summed E-state index contributed by atoms with van der Waals surface area (Å²) in [4.78, 5) is 16.7. The lowest BCUT2D eigenvalue weighted by Gasteiger charge is -2.07. The number of sulfonamides is 1. The Kier molecular flexibility index (Phi) is 5.87. The fraction of sp³-hybridized carbons (Fsp3) is 0.250. The number of anilines is 1. The highest BCUT2D eigenvalue weighted by atomic mass is 32.2. The van der Waals surface area contributed by atoms with Crippen molar-refractivity contribution in [3.05, 3.63) is 53.6 Å². The molecule has 0 radical (unpaired) electrons. The second-order valence-corrected chi connectivity index (χ2v) is 7.98. The maximum atomic E-state index is 12.3. The number of rotatable bonds is 7. The molecule has 0 aliphatic carbocycles. The average Bonchev–Trinajstić information content (AvgIpc) is 3.02. The van der Waals surface area contributed by atoms with Crippen LogP contribution in [0.25, 0.3) is 0 Å². The molecule has 0 atom stereocenters. The van der Waals surface area contributed by atoms with Crippen LogP contribution in [0.1, 0.15) is 35.8 Å². The van der Waals surface area contributed by atoms with Crippen molar-refractivity contribution in [2.75, 3.05) is 11.9 Å². The van der Waals surface area contributed by atoms with Gasteiger partial charge in [0.25, 0.3) is 5.91 Å². The molecule has 0 bridgehead atoms. The summed E-state index contributed by atoms with van der Waals surface area (Å²) in [5.41, 5.74) is 1.15. The molecule has 128 valence electrons. The number of thiazole rings is 1. The van der Waals surface area contributed by atoms with Crippen LogP contribution >= 0.6 is 11.3 Å². The molecule has 8 heteroatoms. The number of amides is 1. The van der Waals surface area contributed by atoms with Crippen molar-refractivity contribution in [2.45, 2.75) is 24.7 Å². The zero-order chi connectivity index (χ0) is 17.7. The van der Waals surface area contributed by atoms with Gasteiger partial charge in [-0.15, -0.1) is 17.9 Å². The number of nitrogens with one attached hydrogen (secondary N) is 2. The number of hydrogen-bond donors (Lipinski definition) is 2. The van der Waals surface area contributed by atoms with Crippen LogP contribution in [0.3, 0.4) is 0 Å². The number of hydrogen-bond acceptors (Lipinski definition) is 5. The molecule has 24 heavy (non-hydrogen) atoms. The molecule has 0 unspecified atom stereocenters. The van der Waals surface area contributed by atoms with E-state index in [-0.39, 0.29) is 22.9 Å². The van der Waals surface area contributed by atoms with Gasteiger partial charge in [-0.25, -0.2) is 18.1 Å². The predicted molar refractivity (Wildman–Crippen MR) is 96.0 cm³/mol. The first-order valence-electron chi connectivity index (χ1n) is 7.31. The quantitative estimate of drug-likeness (QED) is 0.738. The van der Waals surface area contributed by atoms with Crippen LogP contribution in [-0.2, 0) is 10.0 Å². The standard InChI is InChI=1S/C16H19N3O3S2/c1-4-8-17-24(21,22)13-7-5-6-12(9-13)15(20)19-16-18-14(10-23-16)11(2)3/h4-7,9-11,17H,1,8H2,2-3H3,(H,18,19,20). The Labute approximate surface area is 145 Å². The van der Waals surface area contributed by atoms with E-state index in [0.29, 0.717) is 5.13 Å². The van der Waals surface area contributed by atoms with Crippen molar-refractivity contribution >= 4 is 32.4 Å². The summed E-state index contributed by atoms with van der Waals surface area (Å²) in [6.45, 7) is 7.63. The molecule has 2 aromatic rings. The van der Waals surface area contributed by atoms with Crippen molar-refractivity contribution in [1.29, 1.82) is 0 Å². The smallest absolute Gasteiger partial charge is 0.257 e. The molecule has 1 heterocycles. The predicted octanol–water partition coefficient (Wildman–Crippen LogP) is 2.98. The van der Waals surface area contributed by atoms with Gasteiger partial charge in [-0.3, -0.25) is 10.1 Å². The Morgan fingerprint density at radius 3 is 2.79 bits per heavy atom. The van der Waals surface area contributed by atoms with Crippen LogP contribution in [0.2, 0.25) is 0 Å². The first-order chi connectivity index (χ1) is 11.3. The van der Waals surface area contributed by atoms with E-state index in [2.05, 4.69) is 21.6 Å². The van der Waals surface area contributed by atoms with Gasteiger partial charge in [-0.05, 0) is 24.1 Å². The van der Waals surface area contributed by atoms with Gasteiger partial charge < -0.3 is 0 Å². The summed E-state index contributed by atoms with van der Waals surface area (Å²) in [5, 5.41) is 5.07. The van der Waals surface area contributed by atoms with E-state index >= 15 is 0 Å². The molecule has 1 aromatic carbocycles. The number of benzene rings is 1. The zero-order valence-corrected chi connectivity index (χ0v) is 15.1. The van der Waals surface area contributed by atoms with Gasteiger partial charge in [0.05, 0.1) is 10.6 Å². The number of carbonyl (C=O) groups is 1. The molecule has 0 saturated heterocycles. The SMILES string of the molecule is C=CCNS(=O)(=O)c1cccc(C(=O)Nc2nc(C(C)C)cs2)c1. The monoisotopic (exact) mass is 365 g/mol. The fourth-order valence-electron chi connectivity index (χ4n) is 1.83. The second-order valence-electron chi connectivity index (χ2n) is 5.35. The molecule has 0 aliphatic heterocycles. The van der Waals surface area contributed by atoms with Gasteiger partial charge in [0.2, 0.25) is 10.0 Å². The topological polar surface area (TPSA) is 88.2 Å². The van der Waals surface area contributed by atoms with Crippen LogP contribution < -0.4 is 10.0 Å². The molecule has 2 rings (SSSR count). The molecular formula is C16H19N3O3S2. The minimum atomic E-state index is -3.67. The van der Waals surface area contributed by atoms with E-state index in [1.54, 1.807) is 6.07 Å². The highest BCUT2D eigenvalue weighted by Crippen LogP contribution is 2.22. The van der Waals surface area contributed by atoms with Crippen LogP contribution in [0.4, 0.5) is 5.13 Å². The van der Waals surface area contributed by atoms with Crippen molar-refractivity contribution < 1.29 is 13.2 Å². The third-order valence-electron chi connectivity index (χ3n) is 3.16. The lowest BCUT2D eigenvalue weighted by Crippen LogP contribution is -2.24. The van der Waals surface area contributed by atoms with E-state index in [1.807, 2.05) is 19.2 Å². The highest BCUT2D eigenvalue weighted by Gasteiger charge is 2.16. The van der Waals surface area contributed by atoms with Crippen LogP contribution in [-0.4, -0.2) is 25.9 Å². The number of aromatic nitrogens is 1. The zero-order valence-electron chi connectivity index (χ0n) is 13.4. The largest absolute Gasteiger partial charge is 0.298 e. The van der Waals surface area contributed by atoms with E-state index in [9.17, 15) is 13.2 Å². The third-order valence-corrected chi connectivity index (χ3v) is 5.36. The van der Waals surface area contributed by atoms with Crippen LogP contribution in [0.5, 0.6) is 0 Å². The molecule has 0 spiro atoms. The maximum absolute atomic E-state index is 12.3. The summed E-state index contributed by atoms with van der Waals surface area (Å²) in [6.07, 6.45) is 1.45. The second kappa shape index (κ2) is 7.69. The first-order valence-corrected chi connectivity index (χ1v) is 9.67. The third kappa shape index (κ3) is 4.50. The highest BCUT2D eigenvalue weighted by molar-refractivity contribution is 7.89. The minimum absolute atomic E-state index is 0.0269. The van der Waals surface area contributed by atoms with Crippen LogP contribution in [0.15, 0.2) is 47.2 Å². The molecule has 1 amide bonds. The molecule has 1 aromatic heterocycles. The lowest BCUT2D eigenvalue weighted by atomic mass is 10.2. The summed E-state index contributed by atoms with van der Waals surface area (Å²) >= 11 is 1.34. The van der Waals surface area contributed by atoms with Crippen molar-refractivity contribution in [1.82, 2.24) is 9.71 Å². The molecular weight excluding hydrogens is 346 g/mol. The average molecular weight is 365 g/mol. The van der Waals surface area contributed by atoms with E-state index in [1.165, 1.54) is 35.6 Å². The van der Waals surface area contributed by atoms with Gasteiger partial charge in [-0.1, -0.05) is 26.0 Å². The molecule has 2 N–H and O–H groups in total. The lowest BCUT2D eigenvalue weighted by molar-refractivity contribution is 0.102. The number of nitrogens with zero attached hydrogens (tertiary/aromatic N) is 1. The Morgan fingerprint density at radius 2 is 2.17 bits per heavy atom. The van der Waals surface area contributed by atoms with E-state index < -0.39 is 15.9 Å². The summed E-state index contributed by atoms with van der Waals surface area (Å²) in [7, 11) is -3.67. The first kappa shape index (κ1) is 18.3.